The smallest absolute Gasteiger partial charge is 0.456 e. The first kappa shape index (κ1) is 51.4. The zero-order chi connectivity index (χ0) is 42.5. The Kier molecular flexibility index (Phi) is 26.6. The number of aliphatic hydroxyl groups is 4. The average molecular weight is 839 g/mol. The van der Waals surface area contributed by atoms with Crippen molar-refractivity contribution in [2.45, 2.75) is 146 Å². The Morgan fingerprint density at radius 2 is 1.05 bits per heavy atom. The summed E-state index contributed by atoms with van der Waals surface area (Å²) in [5.74, 6) is 26.6. The van der Waals surface area contributed by atoms with E-state index < -0.39 is 83.5 Å². The van der Waals surface area contributed by atoms with Crippen molar-refractivity contribution in [1.29, 1.82) is 0 Å². The van der Waals surface area contributed by atoms with Crippen molar-refractivity contribution < 1.29 is 76.9 Å². The summed E-state index contributed by atoms with van der Waals surface area (Å²) in [5, 5.41) is 40.9. The molecule has 0 bridgehead atoms. The Labute approximate surface area is 334 Å². The van der Waals surface area contributed by atoms with Crippen LogP contribution in [0.1, 0.15) is 104 Å². The summed E-state index contributed by atoms with van der Waals surface area (Å²) in [7, 11) is -10.8. The van der Waals surface area contributed by atoms with Crippen LogP contribution in [-0.2, 0) is 41.8 Å². The molecule has 0 heterocycles. The van der Waals surface area contributed by atoms with E-state index in [1.165, 1.54) is 44.9 Å². The number of ether oxygens (including phenoxy) is 2. The van der Waals surface area contributed by atoms with Gasteiger partial charge in [0, 0.05) is 12.3 Å². The summed E-state index contributed by atoms with van der Waals surface area (Å²) >= 11 is 0. The standard InChI is InChI=1S/C39H52O16P2/c1-3-5-7-9-11-13-15-16-18-20-22-24-26-28-33(41)53-31(29-51-32(40)27-25-23-21-19-17-14-12-10-8-6-4-2)30-52-57(49,50)55-39-36(44)34(42)35(43)38(37(39)45)54-56(46,47)48/h31,34-39,42-45H,3,5,7,9,11,13,15-16,18,20,22,24,26,28-30H2,1-2H3,(H,49,50)(H2,46,47,48)/t31-,34+,35+,36?,37-,38?,39?/m0/s1. The van der Waals surface area contributed by atoms with Crippen molar-refractivity contribution in [3.8, 4) is 71.0 Å². The monoisotopic (exact) mass is 838 g/mol. The predicted octanol–water partition coefficient (Wildman–Crippen LogP) is 2.40. The zero-order valence-electron chi connectivity index (χ0n) is 32.1. The molecule has 0 aromatic heterocycles. The fourth-order valence-corrected chi connectivity index (χ4v) is 6.74. The van der Waals surface area contributed by atoms with Gasteiger partial charge < -0.3 is 44.6 Å². The molecule has 0 spiro atoms. The molecule has 314 valence electrons. The van der Waals surface area contributed by atoms with E-state index in [-0.39, 0.29) is 6.42 Å². The van der Waals surface area contributed by atoms with Gasteiger partial charge in [0.25, 0.3) is 0 Å². The third-order valence-electron chi connectivity index (χ3n) is 8.02. The molecule has 0 amide bonds. The van der Waals surface area contributed by atoms with Gasteiger partial charge in [0.1, 0.15) is 43.2 Å². The Hall–Kier alpha value is -3.64. The van der Waals surface area contributed by atoms with E-state index in [4.69, 9.17) is 28.3 Å². The molecule has 0 aliphatic heterocycles. The summed E-state index contributed by atoms with van der Waals surface area (Å²) in [6.45, 7) is 2.15. The Balaban J connectivity index is 2.83. The van der Waals surface area contributed by atoms with Gasteiger partial charge >= 0.3 is 27.6 Å². The number of phosphoric acid groups is 2. The van der Waals surface area contributed by atoms with Crippen LogP contribution in [0.5, 0.6) is 0 Å². The molecule has 1 fully saturated rings. The summed E-state index contributed by atoms with van der Waals surface area (Å²) in [5.41, 5.74) is 0. The predicted molar refractivity (Wildman–Crippen MR) is 205 cm³/mol. The first-order valence-electron chi connectivity index (χ1n) is 18.5. The fourth-order valence-electron chi connectivity index (χ4n) is 5.20. The number of aliphatic hydroxyl groups excluding tert-OH is 4. The van der Waals surface area contributed by atoms with E-state index in [0.717, 1.165) is 32.1 Å². The molecule has 57 heavy (non-hydrogen) atoms. The molecular formula is C39H52O16P2. The van der Waals surface area contributed by atoms with Gasteiger partial charge in [0.15, 0.2) is 6.10 Å². The topological polar surface area (TPSA) is 256 Å². The molecule has 1 aliphatic carbocycles. The van der Waals surface area contributed by atoms with Gasteiger partial charge in [-0.3, -0.25) is 18.4 Å². The van der Waals surface area contributed by atoms with Gasteiger partial charge in [-0.05, 0) is 72.5 Å². The Morgan fingerprint density at radius 3 is 1.54 bits per heavy atom. The molecule has 1 saturated carbocycles. The Morgan fingerprint density at radius 1 is 0.596 bits per heavy atom. The van der Waals surface area contributed by atoms with Gasteiger partial charge in [-0.1, -0.05) is 89.9 Å². The van der Waals surface area contributed by atoms with E-state index in [1.807, 2.05) is 0 Å². The largest absolute Gasteiger partial charge is 0.472 e. The summed E-state index contributed by atoms with van der Waals surface area (Å²) in [6, 6.07) is 0. The minimum Gasteiger partial charge on any atom is -0.456 e. The molecule has 0 aromatic rings. The second-order valence-electron chi connectivity index (χ2n) is 12.7. The molecule has 7 N–H and O–H groups in total. The minimum atomic E-state index is -5.39. The minimum absolute atomic E-state index is 0.0304. The molecule has 8 atom stereocenters. The summed E-state index contributed by atoms with van der Waals surface area (Å²) < 4.78 is 48.4. The van der Waals surface area contributed by atoms with Crippen molar-refractivity contribution in [3.05, 3.63) is 0 Å². The normalized spacial score (nSPS) is 21.2. The molecule has 0 radical (unpaired) electrons. The highest BCUT2D eigenvalue weighted by Gasteiger charge is 2.54. The van der Waals surface area contributed by atoms with Crippen LogP contribution in [0.3, 0.4) is 0 Å². The van der Waals surface area contributed by atoms with Gasteiger partial charge in [-0.15, -0.1) is 0 Å². The van der Waals surface area contributed by atoms with Crippen LogP contribution in [-0.4, -0.2) is 103 Å². The van der Waals surface area contributed by atoms with Crippen LogP contribution in [0.25, 0.3) is 0 Å². The molecule has 0 saturated heterocycles. The fraction of sp³-hybridized carbons (Fsp3) is 0.641. The highest BCUT2D eigenvalue weighted by Crippen LogP contribution is 2.49. The molecule has 4 unspecified atom stereocenters. The van der Waals surface area contributed by atoms with E-state index in [9.17, 15) is 44.0 Å². The third-order valence-corrected chi connectivity index (χ3v) is 9.52. The van der Waals surface area contributed by atoms with Gasteiger partial charge in [0.2, 0.25) is 0 Å². The zero-order valence-corrected chi connectivity index (χ0v) is 33.8. The van der Waals surface area contributed by atoms with Gasteiger partial charge in [0.05, 0.1) is 6.61 Å². The highest BCUT2D eigenvalue weighted by atomic mass is 31.2. The highest BCUT2D eigenvalue weighted by molar-refractivity contribution is 7.47. The van der Waals surface area contributed by atoms with Crippen molar-refractivity contribution in [1.82, 2.24) is 0 Å². The maximum Gasteiger partial charge on any atom is 0.472 e. The van der Waals surface area contributed by atoms with Gasteiger partial charge in [-0.2, -0.15) is 0 Å². The van der Waals surface area contributed by atoms with Crippen LogP contribution >= 0.6 is 15.6 Å². The first-order chi connectivity index (χ1) is 27.1. The maximum atomic E-state index is 12.9. The molecule has 16 nitrogen and oxygen atoms in total. The van der Waals surface area contributed by atoms with E-state index >= 15 is 0 Å². The molecule has 18 heteroatoms. The number of unbranched alkanes of at least 4 members (excludes halogenated alkanes) is 12. The summed E-state index contributed by atoms with van der Waals surface area (Å²) in [6.07, 6.45) is -1.05. The SMILES string of the molecule is CC#CC#CC#CC#CC#CC#CC(=O)OC[C@@H](COP(=O)(O)OC1C(O)[C@H](O)[C@@H](O)C(OP(=O)(O)O)[C@@H]1O)OC(=O)CCCCCCCCCCCCCCC. The van der Waals surface area contributed by atoms with Crippen molar-refractivity contribution in [2.75, 3.05) is 13.2 Å². The van der Waals surface area contributed by atoms with E-state index in [0.29, 0.717) is 6.42 Å². The quantitative estimate of drug-likeness (QED) is 0.0242. The lowest BCUT2D eigenvalue weighted by Gasteiger charge is -2.43. The summed E-state index contributed by atoms with van der Waals surface area (Å²) in [4.78, 5) is 53.5. The molecule has 0 aromatic carbocycles. The number of rotatable bonds is 24. The number of hydrogen-bond acceptors (Lipinski definition) is 13. The number of carbonyl (C=O) groups is 2. The number of hydrogen-bond donors (Lipinski definition) is 7. The van der Waals surface area contributed by atoms with Crippen molar-refractivity contribution in [2.24, 2.45) is 0 Å². The maximum absolute atomic E-state index is 12.9. The lowest BCUT2D eigenvalue weighted by Crippen LogP contribution is -2.64. The van der Waals surface area contributed by atoms with Crippen LogP contribution in [0, 0.1) is 71.0 Å². The van der Waals surface area contributed by atoms with Crippen LogP contribution in [0.4, 0.5) is 0 Å². The third kappa shape index (κ3) is 24.7. The van der Waals surface area contributed by atoms with Crippen LogP contribution in [0.2, 0.25) is 0 Å². The molecular weight excluding hydrogens is 786 g/mol. The van der Waals surface area contributed by atoms with E-state index in [1.54, 1.807) is 6.92 Å². The van der Waals surface area contributed by atoms with E-state index in [2.05, 4.69) is 82.5 Å². The number of esters is 2. The lowest BCUT2D eigenvalue weighted by atomic mass is 9.85. The second kappa shape index (κ2) is 29.6. The number of carbonyl (C=O) groups excluding carboxylic acids is 2. The second-order valence-corrected chi connectivity index (χ2v) is 15.3. The lowest BCUT2D eigenvalue weighted by molar-refractivity contribution is -0.216. The first-order valence-corrected chi connectivity index (χ1v) is 21.5. The molecule has 1 rings (SSSR count). The van der Waals surface area contributed by atoms with Crippen LogP contribution in [0.15, 0.2) is 0 Å². The number of phosphoric ester groups is 2. The van der Waals surface area contributed by atoms with Crippen LogP contribution < -0.4 is 0 Å². The van der Waals surface area contributed by atoms with Gasteiger partial charge in [-0.25, -0.2) is 13.9 Å². The van der Waals surface area contributed by atoms with Crippen molar-refractivity contribution >= 4 is 27.6 Å². The molecule has 1 aliphatic rings. The Bertz CT molecular complexity index is 1740. The average Bonchev–Trinajstić information content (AvgIpc) is 3.16. The van der Waals surface area contributed by atoms with Crippen molar-refractivity contribution in [3.63, 3.8) is 0 Å².